The average Bonchev–Trinajstić information content (AvgIpc) is 2.36. The number of halogens is 1. The van der Waals surface area contributed by atoms with Crippen LogP contribution in [-0.2, 0) is 0 Å². The van der Waals surface area contributed by atoms with Crippen LogP contribution in [0.5, 0.6) is 0 Å². The summed E-state index contributed by atoms with van der Waals surface area (Å²) in [4.78, 5) is 0. The number of hydrazine groups is 1. The molecule has 19 heavy (non-hydrogen) atoms. The van der Waals surface area contributed by atoms with Gasteiger partial charge in [-0.25, -0.2) is 9.82 Å². The number of benzene rings is 2. The van der Waals surface area contributed by atoms with E-state index in [1.807, 2.05) is 26.0 Å². The Morgan fingerprint density at radius 1 is 0.947 bits per heavy atom. The Hall–Kier alpha value is -1.71. The van der Waals surface area contributed by atoms with E-state index in [1.54, 1.807) is 12.1 Å². The number of hydrogen-bond donors (Lipinski definition) is 2. The van der Waals surface area contributed by atoms with Gasteiger partial charge in [-0.2, -0.15) is 0 Å². The van der Waals surface area contributed by atoms with Gasteiger partial charge < -0.3 is 0 Å². The summed E-state index contributed by atoms with van der Waals surface area (Å²) in [5, 5.41) is 0. The van der Waals surface area contributed by atoms with Crippen LogP contribution in [0.1, 0.15) is 33.9 Å². The first-order chi connectivity index (χ1) is 9.02. The van der Waals surface area contributed by atoms with Crippen molar-refractivity contribution in [2.45, 2.75) is 26.8 Å². The molecule has 0 saturated heterocycles. The highest BCUT2D eigenvalue weighted by Gasteiger charge is 2.17. The molecular formula is C16H19FN2. The van der Waals surface area contributed by atoms with Crippen molar-refractivity contribution >= 4 is 0 Å². The highest BCUT2D eigenvalue weighted by Crippen LogP contribution is 2.27. The van der Waals surface area contributed by atoms with Crippen molar-refractivity contribution in [1.82, 2.24) is 5.43 Å². The van der Waals surface area contributed by atoms with E-state index in [2.05, 4.69) is 18.4 Å². The third-order valence-electron chi connectivity index (χ3n) is 3.46. The van der Waals surface area contributed by atoms with E-state index in [1.165, 1.54) is 11.6 Å². The molecule has 2 rings (SSSR count). The number of nitrogens with one attached hydrogen (secondary N) is 1. The third kappa shape index (κ3) is 2.83. The smallest absolute Gasteiger partial charge is 0.123 e. The fourth-order valence-corrected chi connectivity index (χ4v) is 2.42. The monoisotopic (exact) mass is 258 g/mol. The third-order valence-corrected chi connectivity index (χ3v) is 3.46. The lowest BCUT2D eigenvalue weighted by Crippen LogP contribution is -2.30. The van der Waals surface area contributed by atoms with E-state index in [9.17, 15) is 4.39 Å². The quantitative estimate of drug-likeness (QED) is 0.655. The molecule has 0 heterocycles. The number of rotatable bonds is 3. The van der Waals surface area contributed by atoms with Crippen molar-refractivity contribution < 1.29 is 4.39 Å². The zero-order valence-corrected chi connectivity index (χ0v) is 11.5. The van der Waals surface area contributed by atoms with Crippen LogP contribution >= 0.6 is 0 Å². The molecule has 0 aromatic heterocycles. The molecule has 1 atom stereocenters. The molecule has 0 bridgehead atoms. The molecule has 3 heteroatoms. The second-order valence-corrected chi connectivity index (χ2v) is 4.96. The summed E-state index contributed by atoms with van der Waals surface area (Å²) in [6.07, 6.45) is 0. The molecule has 2 nitrogen and oxygen atoms in total. The first-order valence-electron chi connectivity index (χ1n) is 6.32. The maximum absolute atomic E-state index is 13.5. The van der Waals surface area contributed by atoms with E-state index in [0.717, 1.165) is 22.3 Å². The predicted octanol–water partition coefficient (Wildman–Crippen LogP) is 3.30. The number of aryl methyl sites for hydroxylation is 3. The summed E-state index contributed by atoms with van der Waals surface area (Å²) in [5.74, 6) is 5.45. The van der Waals surface area contributed by atoms with E-state index < -0.39 is 0 Å². The molecule has 0 saturated carbocycles. The number of hydrogen-bond acceptors (Lipinski definition) is 2. The van der Waals surface area contributed by atoms with Gasteiger partial charge in [0.05, 0.1) is 6.04 Å². The molecule has 2 aromatic rings. The molecular weight excluding hydrogens is 239 g/mol. The zero-order valence-electron chi connectivity index (χ0n) is 11.5. The highest BCUT2D eigenvalue weighted by atomic mass is 19.1. The van der Waals surface area contributed by atoms with Crippen LogP contribution in [0.3, 0.4) is 0 Å². The largest absolute Gasteiger partial charge is 0.271 e. The van der Waals surface area contributed by atoms with Crippen molar-refractivity contribution in [2.75, 3.05) is 0 Å². The molecule has 1 unspecified atom stereocenters. The Morgan fingerprint density at radius 2 is 1.68 bits per heavy atom. The molecule has 3 N–H and O–H groups in total. The first kappa shape index (κ1) is 13.7. The first-order valence-corrected chi connectivity index (χ1v) is 6.32. The minimum atomic E-state index is -0.245. The van der Waals surface area contributed by atoms with Crippen LogP contribution in [-0.4, -0.2) is 0 Å². The van der Waals surface area contributed by atoms with Gasteiger partial charge in [-0.1, -0.05) is 29.8 Å². The van der Waals surface area contributed by atoms with Crippen molar-refractivity contribution in [2.24, 2.45) is 5.84 Å². The van der Waals surface area contributed by atoms with Crippen LogP contribution in [0.4, 0.5) is 4.39 Å². The summed E-state index contributed by atoms with van der Waals surface area (Å²) in [5.41, 5.74) is 8.10. The van der Waals surface area contributed by atoms with Gasteiger partial charge in [0.1, 0.15) is 5.82 Å². The highest BCUT2D eigenvalue weighted by molar-refractivity contribution is 5.41. The maximum Gasteiger partial charge on any atom is 0.123 e. The molecule has 0 aliphatic rings. The van der Waals surface area contributed by atoms with Crippen molar-refractivity contribution in [3.8, 4) is 0 Å². The molecule has 0 spiro atoms. The Kier molecular flexibility index (Phi) is 3.98. The van der Waals surface area contributed by atoms with Crippen LogP contribution < -0.4 is 11.3 Å². The average molecular weight is 258 g/mol. The maximum atomic E-state index is 13.5. The summed E-state index contributed by atoms with van der Waals surface area (Å²) >= 11 is 0. The van der Waals surface area contributed by atoms with E-state index in [-0.39, 0.29) is 11.9 Å². The molecule has 0 radical (unpaired) electrons. The second kappa shape index (κ2) is 5.51. The van der Waals surface area contributed by atoms with E-state index >= 15 is 0 Å². The predicted molar refractivity (Wildman–Crippen MR) is 76.2 cm³/mol. The van der Waals surface area contributed by atoms with Crippen LogP contribution in [0.15, 0.2) is 36.4 Å². The van der Waals surface area contributed by atoms with Gasteiger partial charge in [0.15, 0.2) is 0 Å². The standard InChI is InChI=1S/C16H19FN2/c1-10-4-7-14(12(3)8-10)16(19-18)15-9-13(17)6-5-11(15)2/h4-9,16,19H,18H2,1-3H3. The van der Waals surface area contributed by atoms with Gasteiger partial charge >= 0.3 is 0 Å². The van der Waals surface area contributed by atoms with Crippen LogP contribution in [0.2, 0.25) is 0 Å². The van der Waals surface area contributed by atoms with Gasteiger partial charge in [0, 0.05) is 0 Å². The lowest BCUT2D eigenvalue weighted by atomic mass is 9.92. The van der Waals surface area contributed by atoms with Gasteiger partial charge in [-0.15, -0.1) is 0 Å². The van der Waals surface area contributed by atoms with Crippen molar-refractivity contribution in [1.29, 1.82) is 0 Å². The van der Waals surface area contributed by atoms with Gasteiger partial charge in [-0.05, 0) is 55.2 Å². The van der Waals surface area contributed by atoms with Gasteiger partial charge in [0.25, 0.3) is 0 Å². The summed E-state index contributed by atoms with van der Waals surface area (Å²) in [6, 6.07) is 10.8. The minimum absolute atomic E-state index is 0.198. The Bertz CT molecular complexity index is 593. The summed E-state index contributed by atoms with van der Waals surface area (Å²) in [6.45, 7) is 6.05. The van der Waals surface area contributed by atoms with Crippen LogP contribution in [0, 0.1) is 26.6 Å². The fourth-order valence-electron chi connectivity index (χ4n) is 2.42. The van der Waals surface area contributed by atoms with Crippen molar-refractivity contribution in [3.63, 3.8) is 0 Å². The lowest BCUT2D eigenvalue weighted by Gasteiger charge is -2.21. The van der Waals surface area contributed by atoms with E-state index in [0.29, 0.717) is 0 Å². The Labute approximate surface area is 113 Å². The molecule has 2 aromatic carbocycles. The van der Waals surface area contributed by atoms with Crippen molar-refractivity contribution in [3.05, 3.63) is 70.0 Å². The topological polar surface area (TPSA) is 38.0 Å². The second-order valence-electron chi connectivity index (χ2n) is 4.96. The van der Waals surface area contributed by atoms with Gasteiger partial charge in [0.2, 0.25) is 0 Å². The number of nitrogens with two attached hydrogens (primary N) is 1. The normalized spacial score (nSPS) is 12.5. The summed E-state index contributed by atoms with van der Waals surface area (Å²) in [7, 11) is 0. The zero-order chi connectivity index (χ0) is 14.0. The Morgan fingerprint density at radius 3 is 2.32 bits per heavy atom. The molecule has 0 amide bonds. The fraction of sp³-hybridized carbons (Fsp3) is 0.250. The lowest BCUT2D eigenvalue weighted by molar-refractivity contribution is 0.601. The summed E-state index contributed by atoms with van der Waals surface area (Å²) < 4.78 is 13.5. The molecule has 0 aliphatic carbocycles. The Balaban J connectivity index is 2.52. The van der Waals surface area contributed by atoms with Crippen LogP contribution in [0.25, 0.3) is 0 Å². The molecule has 100 valence electrons. The minimum Gasteiger partial charge on any atom is -0.271 e. The molecule has 0 aliphatic heterocycles. The van der Waals surface area contributed by atoms with Gasteiger partial charge in [-0.3, -0.25) is 5.84 Å². The molecule has 0 fully saturated rings. The van der Waals surface area contributed by atoms with E-state index in [4.69, 9.17) is 5.84 Å². The SMILES string of the molecule is Cc1ccc(C(NN)c2cc(F)ccc2C)c(C)c1.